The SMILES string of the molecule is CCc1cc(-c2cnc(SC)c(Cl)c2)no1. The molecule has 0 unspecified atom stereocenters. The lowest BCUT2D eigenvalue weighted by atomic mass is 10.2. The van der Waals surface area contributed by atoms with E-state index in [0.717, 1.165) is 28.5 Å². The quantitative estimate of drug-likeness (QED) is 0.784. The van der Waals surface area contributed by atoms with E-state index in [1.165, 1.54) is 11.8 Å². The van der Waals surface area contributed by atoms with E-state index >= 15 is 0 Å². The average molecular weight is 255 g/mol. The summed E-state index contributed by atoms with van der Waals surface area (Å²) in [6.07, 6.45) is 4.53. The van der Waals surface area contributed by atoms with Crippen LogP contribution in [-0.4, -0.2) is 16.4 Å². The summed E-state index contributed by atoms with van der Waals surface area (Å²) in [6.45, 7) is 2.02. The van der Waals surface area contributed by atoms with Crippen LogP contribution < -0.4 is 0 Å². The molecule has 5 heteroatoms. The van der Waals surface area contributed by atoms with Crippen LogP contribution in [0.4, 0.5) is 0 Å². The lowest BCUT2D eigenvalue weighted by Crippen LogP contribution is -1.84. The molecule has 2 rings (SSSR count). The third-order valence-corrected chi connectivity index (χ3v) is 3.32. The lowest BCUT2D eigenvalue weighted by molar-refractivity contribution is 0.389. The van der Waals surface area contributed by atoms with E-state index in [-0.39, 0.29) is 0 Å². The lowest BCUT2D eigenvalue weighted by Gasteiger charge is -2.00. The van der Waals surface area contributed by atoms with Gasteiger partial charge in [-0.15, -0.1) is 11.8 Å². The summed E-state index contributed by atoms with van der Waals surface area (Å²) in [4.78, 5) is 4.26. The molecule has 2 heterocycles. The van der Waals surface area contributed by atoms with E-state index in [4.69, 9.17) is 16.1 Å². The van der Waals surface area contributed by atoms with Gasteiger partial charge in [0.25, 0.3) is 0 Å². The largest absolute Gasteiger partial charge is 0.361 e. The van der Waals surface area contributed by atoms with Crippen molar-refractivity contribution < 1.29 is 4.52 Å². The first-order chi connectivity index (χ1) is 7.74. The standard InChI is InChI=1S/C11H11ClN2OS/c1-3-8-5-10(14-15-8)7-4-9(12)11(16-2)13-6-7/h4-6H,3H2,1-2H3. The molecular weight excluding hydrogens is 244 g/mol. The Hall–Kier alpha value is -1.00. The van der Waals surface area contributed by atoms with Gasteiger partial charge in [-0.25, -0.2) is 4.98 Å². The van der Waals surface area contributed by atoms with E-state index in [9.17, 15) is 0 Å². The predicted molar refractivity (Wildman–Crippen MR) is 65.9 cm³/mol. The summed E-state index contributed by atoms with van der Waals surface area (Å²) in [5.41, 5.74) is 1.66. The molecule has 2 aromatic rings. The Balaban J connectivity index is 2.37. The molecule has 0 aliphatic carbocycles. The van der Waals surface area contributed by atoms with Crippen molar-refractivity contribution in [3.8, 4) is 11.3 Å². The minimum absolute atomic E-state index is 0.644. The van der Waals surface area contributed by atoms with Crippen LogP contribution in [0.5, 0.6) is 0 Å². The Morgan fingerprint density at radius 3 is 2.81 bits per heavy atom. The van der Waals surface area contributed by atoms with Gasteiger partial charge in [0.05, 0.1) is 5.02 Å². The molecule has 0 fully saturated rings. The summed E-state index contributed by atoms with van der Waals surface area (Å²) in [7, 11) is 0. The Morgan fingerprint density at radius 1 is 1.44 bits per heavy atom. The summed E-state index contributed by atoms with van der Waals surface area (Å²) < 4.78 is 5.14. The zero-order valence-electron chi connectivity index (χ0n) is 9.03. The van der Waals surface area contributed by atoms with Crippen LogP contribution in [0.2, 0.25) is 5.02 Å². The van der Waals surface area contributed by atoms with Crippen LogP contribution >= 0.6 is 23.4 Å². The number of hydrogen-bond acceptors (Lipinski definition) is 4. The van der Waals surface area contributed by atoms with E-state index in [1.54, 1.807) is 6.20 Å². The number of aromatic nitrogens is 2. The molecule has 0 radical (unpaired) electrons. The Bertz CT molecular complexity index is 498. The minimum atomic E-state index is 0.644. The maximum absolute atomic E-state index is 6.08. The molecule has 0 bridgehead atoms. The number of aryl methyl sites for hydroxylation is 1. The van der Waals surface area contributed by atoms with Crippen molar-refractivity contribution in [3.05, 3.63) is 29.1 Å². The number of hydrogen-bond donors (Lipinski definition) is 0. The normalized spacial score (nSPS) is 10.7. The smallest absolute Gasteiger partial charge is 0.137 e. The molecule has 84 valence electrons. The highest BCUT2D eigenvalue weighted by atomic mass is 35.5. The van der Waals surface area contributed by atoms with Crippen LogP contribution in [0.15, 0.2) is 27.9 Å². The fraction of sp³-hybridized carbons (Fsp3) is 0.273. The Labute approximate surface area is 103 Å². The van der Waals surface area contributed by atoms with Gasteiger partial charge in [0.1, 0.15) is 16.5 Å². The second-order valence-corrected chi connectivity index (χ2v) is 4.45. The molecule has 0 atom stereocenters. The molecule has 3 nitrogen and oxygen atoms in total. The summed E-state index contributed by atoms with van der Waals surface area (Å²) >= 11 is 7.60. The highest BCUT2D eigenvalue weighted by Crippen LogP contribution is 2.27. The van der Waals surface area contributed by atoms with E-state index in [2.05, 4.69) is 10.1 Å². The highest BCUT2D eigenvalue weighted by Gasteiger charge is 2.08. The number of rotatable bonds is 3. The molecule has 0 saturated heterocycles. The van der Waals surface area contributed by atoms with E-state index in [0.29, 0.717) is 5.02 Å². The summed E-state index contributed by atoms with van der Waals surface area (Å²) in [5, 5.41) is 5.44. The summed E-state index contributed by atoms with van der Waals surface area (Å²) in [6, 6.07) is 3.77. The first-order valence-electron chi connectivity index (χ1n) is 4.90. The topological polar surface area (TPSA) is 38.9 Å². The van der Waals surface area contributed by atoms with Gasteiger partial charge < -0.3 is 4.52 Å². The zero-order chi connectivity index (χ0) is 11.5. The number of pyridine rings is 1. The zero-order valence-corrected chi connectivity index (χ0v) is 10.6. The monoisotopic (exact) mass is 254 g/mol. The van der Waals surface area contributed by atoms with Gasteiger partial charge in [-0.2, -0.15) is 0 Å². The molecule has 0 aliphatic rings. The van der Waals surface area contributed by atoms with Crippen molar-refractivity contribution in [2.24, 2.45) is 0 Å². The predicted octanol–water partition coefficient (Wildman–Crippen LogP) is 3.67. The molecule has 0 spiro atoms. The fourth-order valence-electron chi connectivity index (χ4n) is 1.33. The van der Waals surface area contributed by atoms with Crippen molar-refractivity contribution >= 4 is 23.4 Å². The molecule has 0 aromatic carbocycles. The number of nitrogens with zero attached hydrogens (tertiary/aromatic N) is 2. The van der Waals surface area contributed by atoms with Crippen molar-refractivity contribution in [1.82, 2.24) is 10.1 Å². The molecule has 2 aromatic heterocycles. The average Bonchev–Trinajstić information content (AvgIpc) is 2.77. The molecule has 0 amide bonds. The third-order valence-electron chi connectivity index (χ3n) is 2.20. The Morgan fingerprint density at radius 2 is 2.25 bits per heavy atom. The van der Waals surface area contributed by atoms with Gasteiger partial charge in [-0.3, -0.25) is 0 Å². The Kier molecular flexibility index (Phi) is 3.51. The highest BCUT2D eigenvalue weighted by molar-refractivity contribution is 7.98. The number of thioether (sulfide) groups is 1. The molecule has 16 heavy (non-hydrogen) atoms. The van der Waals surface area contributed by atoms with Crippen LogP contribution in [-0.2, 0) is 6.42 Å². The summed E-state index contributed by atoms with van der Waals surface area (Å²) in [5.74, 6) is 0.861. The van der Waals surface area contributed by atoms with Gasteiger partial charge in [-0.1, -0.05) is 23.7 Å². The van der Waals surface area contributed by atoms with Gasteiger partial charge in [0.15, 0.2) is 0 Å². The maximum Gasteiger partial charge on any atom is 0.137 e. The third kappa shape index (κ3) is 2.23. The van der Waals surface area contributed by atoms with Gasteiger partial charge in [-0.05, 0) is 12.3 Å². The molecule has 0 N–H and O–H groups in total. The second-order valence-electron chi connectivity index (χ2n) is 3.25. The van der Waals surface area contributed by atoms with Crippen LogP contribution in [0.3, 0.4) is 0 Å². The maximum atomic E-state index is 6.08. The van der Waals surface area contributed by atoms with Gasteiger partial charge >= 0.3 is 0 Å². The van der Waals surface area contributed by atoms with Crippen LogP contribution in [0, 0.1) is 0 Å². The van der Waals surface area contributed by atoms with Crippen LogP contribution in [0.25, 0.3) is 11.3 Å². The fourth-order valence-corrected chi connectivity index (χ4v) is 2.14. The number of halogens is 1. The molecular formula is C11H11ClN2OS. The minimum Gasteiger partial charge on any atom is -0.361 e. The van der Waals surface area contributed by atoms with Crippen molar-refractivity contribution in [2.75, 3.05) is 6.26 Å². The van der Waals surface area contributed by atoms with Crippen molar-refractivity contribution in [1.29, 1.82) is 0 Å². The van der Waals surface area contributed by atoms with Gasteiger partial charge in [0, 0.05) is 24.2 Å². The van der Waals surface area contributed by atoms with Gasteiger partial charge in [0.2, 0.25) is 0 Å². The molecule has 0 saturated carbocycles. The second kappa shape index (κ2) is 4.89. The molecule has 0 aliphatic heterocycles. The van der Waals surface area contributed by atoms with Crippen molar-refractivity contribution in [2.45, 2.75) is 18.4 Å². The first-order valence-corrected chi connectivity index (χ1v) is 6.50. The van der Waals surface area contributed by atoms with E-state index in [1.807, 2.05) is 25.3 Å². The first kappa shape index (κ1) is 11.5. The van der Waals surface area contributed by atoms with E-state index < -0.39 is 0 Å². The van der Waals surface area contributed by atoms with Crippen LogP contribution in [0.1, 0.15) is 12.7 Å². The van der Waals surface area contributed by atoms with Crippen molar-refractivity contribution in [3.63, 3.8) is 0 Å².